The Bertz CT molecular complexity index is 1190. The molecule has 1 saturated heterocycles. The summed E-state index contributed by atoms with van der Waals surface area (Å²) in [7, 11) is 0. The van der Waals surface area contributed by atoms with Crippen LogP contribution in [0.4, 0.5) is 23.0 Å². The van der Waals surface area contributed by atoms with Crippen LogP contribution in [0, 0.1) is 10.1 Å². The molecular weight excluding hydrogens is 448 g/mol. The van der Waals surface area contributed by atoms with E-state index < -0.39 is 4.92 Å². The predicted molar refractivity (Wildman–Crippen MR) is 123 cm³/mol. The number of aromatic nitrogens is 2. The van der Waals surface area contributed by atoms with Gasteiger partial charge < -0.3 is 19.7 Å². The molecule has 0 radical (unpaired) electrons. The third kappa shape index (κ3) is 4.48. The van der Waals surface area contributed by atoms with Gasteiger partial charge in [0, 0.05) is 32.7 Å². The molecule has 1 fully saturated rings. The van der Waals surface area contributed by atoms with Crippen LogP contribution in [0.25, 0.3) is 0 Å². The van der Waals surface area contributed by atoms with Crippen LogP contribution < -0.4 is 19.7 Å². The molecule has 0 amide bonds. The highest BCUT2D eigenvalue weighted by Crippen LogP contribution is 2.36. The Hall–Kier alpha value is -3.63. The van der Waals surface area contributed by atoms with Gasteiger partial charge in [-0.2, -0.15) is 0 Å². The number of anilines is 3. The van der Waals surface area contributed by atoms with Gasteiger partial charge in [0.15, 0.2) is 11.5 Å². The zero-order valence-electron chi connectivity index (χ0n) is 17.6. The average Bonchev–Trinajstić information content (AvgIpc) is 3.29. The van der Waals surface area contributed by atoms with E-state index in [-0.39, 0.29) is 18.3 Å². The minimum Gasteiger partial charge on any atom is -0.454 e. The molecule has 0 unspecified atom stereocenters. The van der Waals surface area contributed by atoms with Crippen LogP contribution in [0.3, 0.4) is 0 Å². The lowest BCUT2D eigenvalue weighted by Crippen LogP contribution is -2.46. The molecule has 2 aliphatic heterocycles. The second-order valence-corrected chi connectivity index (χ2v) is 8.11. The highest BCUT2D eigenvalue weighted by atomic mass is 35.5. The third-order valence-electron chi connectivity index (χ3n) is 5.63. The second-order valence-electron chi connectivity index (χ2n) is 7.71. The van der Waals surface area contributed by atoms with Crippen LogP contribution in [0.5, 0.6) is 11.5 Å². The molecule has 0 saturated carbocycles. The van der Waals surface area contributed by atoms with Gasteiger partial charge >= 0.3 is 5.69 Å². The fourth-order valence-electron chi connectivity index (χ4n) is 3.97. The van der Waals surface area contributed by atoms with E-state index in [4.69, 9.17) is 21.1 Å². The largest absolute Gasteiger partial charge is 0.454 e. The molecule has 3 aromatic rings. The van der Waals surface area contributed by atoms with E-state index >= 15 is 0 Å². The minimum absolute atomic E-state index is 0.112. The molecule has 0 bridgehead atoms. The average molecular weight is 469 g/mol. The van der Waals surface area contributed by atoms with Crippen LogP contribution in [0.2, 0.25) is 5.02 Å². The van der Waals surface area contributed by atoms with Crippen molar-refractivity contribution in [3.63, 3.8) is 0 Å². The Morgan fingerprint density at radius 2 is 1.85 bits per heavy atom. The number of halogens is 1. The summed E-state index contributed by atoms with van der Waals surface area (Å²) < 4.78 is 10.8. The molecule has 0 aliphatic carbocycles. The van der Waals surface area contributed by atoms with Crippen molar-refractivity contribution in [1.82, 2.24) is 14.9 Å². The van der Waals surface area contributed by atoms with Crippen LogP contribution in [-0.4, -0.2) is 52.8 Å². The molecule has 33 heavy (non-hydrogen) atoms. The lowest BCUT2D eigenvalue weighted by atomic mass is 10.1. The first-order valence-electron chi connectivity index (χ1n) is 10.5. The van der Waals surface area contributed by atoms with Gasteiger partial charge in [-0.05, 0) is 29.8 Å². The normalized spacial score (nSPS) is 15.5. The van der Waals surface area contributed by atoms with E-state index in [1.807, 2.05) is 23.1 Å². The predicted octanol–water partition coefficient (Wildman–Crippen LogP) is 3.83. The van der Waals surface area contributed by atoms with E-state index in [0.717, 1.165) is 36.7 Å². The first-order valence-corrected chi connectivity index (χ1v) is 10.8. The third-order valence-corrected chi connectivity index (χ3v) is 5.96. The van der Waals surface area contributed by atoms with E-state index in [9.17, 15) is 10.1 Å². The Kier molecular flexibility index (Phi) is 5.84. The van der Waals surface area contributed by atoms with Gasteiger partial charge in [0.25, 0.3) is 0 Å². The summed E-state index contributed by atoms with van der Waals surface area (Å²) in [6, 6.07) is 13.0. The SMILES string of the molecule is O=[N+]([O-])c1c(Nc2ccccc2Cl)ncnc1N1CCN(Cc2ccc3c(c2)OCO3)CC1. The van der Waals surface area contributed by atoms with Gasteiger partial charge in [0.2, 0.25) is 18.4 Å². The number of nitrogens with one attached hydrogen (secondary N) is 1. The number of rotatable bonds is 6. The Morgan fingerprint density at radius 3 is 2.64 bits per heavy atom. The van der Waals surface area contributed by atoms with Crippen molar-refractivity contribution in [3.8, 4) is 11.5 Å². The molecule has 1 N–H and O–H groups in total. The summed E-state index contributed by atoms with van der Waals surface area (Å²) in [6.45, 7) is 3.70. The Labute approximate surface area is 194 Å². The molecule has 3 heterocycles. The van der Waals surface area contributed by atoms with Crippen LogP contribution in [0.15, 0.2) is 48.8 Å². The number of fused-ring (bicyclic) bond motifs is 1. The summed E-state index contributed by atoms with van der Waals surface area (Å²) >= 11 is 6.20. The van der Waals surface area contributed by atoms with Crippen LogP contribution >= 0.6 is 11.6 Å². The molecule has 170 valence electrons. The van der Waals surface area contributed by atoms with E-state index in [2.05, 4.69) is 20.2 Å². The summed E-state index contributed by atoms with van der Waals surface area (Å²) in [5.41, 5.74) is 1.51. The van der Waals surface area contributed by atoms with Crippen molar-refractivity contribution in [3.05, 3.63) is 69.5 Å². The van der Waals surface area contributed by atoms with E-state index in [1.54, 1.807) is 24.3 Å². The molecule has 2 aliphatic rings. The van der Waals surface area contributed by atoms with Crippen LogP contribution in [-0.2, 0) is 6.54 Å². The number of piperazine rings is 1. The molecule has 5 rings (SSSR count). The molecule has 1 aromatic heterocycles. The molecule has 0 spiro atoms. The molecule has 10 nitrogen and oxygen atoms in total. The number of ether oxygens (including phenoxy) is 2. The smallest absolute Gasteiger partial charge is 0.353 e. The number of nitro groups is 1. The van der Waals surface area contributed by atoms with Gasteiger partial charge in [0.1, 0.15) is 6.33 Å². The Balaban J connectivity index is 1.30. The highest BCUT2D eigenvalue weighted by Gasteiger charge is 2.29. The number of benzene rings is 2. The molecular formula is C22H21ClN6O4. The summed E-state index contributed by atoms with van der Waals surface area (Å²) in [5, 5.41) is 15.4. The van der Waals surface area contributed by atoms with Crippen molar-refractivity contribution in [2.24, 2.45) is 0 Å². The van der Waals surface area contributed by atoms with Crippen molar-refractivity contribution < 1.29 is 14.4 Å². The number of nitrogens with zero attached hydrogens (tertiary/aromatic N) is 5. The van der Waals surface area contributed by atoms with Crippen LogP contribution in [0.1, 0.15) is 5.56 Å². The van der Waals surface area contributed by atoms with Gasteiger partial charge in [-0.25, -0.2) is 9.97 Å². The maximum atomic E-state index is 12.0. The highest BCUT2D eigenvalue weighted by molar-refractivity contribution is 6.33. The maximum absolute atomic E-state index is 12.0. The maximum Gasteiger partial charge on any atom is 0.353 e. The minimum atomic E-state index is -0.451. The monoisotopic (exact) mass is 468 g/mol. The summed E-state index contributed by atoms with van der Waals surface area (Å²) in [4.78, 5) is 24.1. The van der Waals surface area contributed by atoms with Gasteiger partial charge in [-0.3, -0.25) is 15.0 Å². The first kappa shape index (κ1) is 21.2. The summed E-state index contributed by atoms with van der Waals surface area (Å²) in [6.07, 6.45) is 1.33. The fraction of sp³-hybridized carbons (Fsp3) is 0.273. The lowest BCUT2D eigenvalue weighted by molar-refractivity contribution is -0.383. The quantitative estimate of drug-likeness (QED) is 0.426. The van der Waals surface area contributed by atoms with Crippen molar-refractivity contribution in [2.45, 2.75) is 6.54 Å². The van der Waals surface area contributed by atoms with Crippen molar-refractivity contribution in [1.29, 1.82) is 0 Å². The zero-order chi connectivity index (χ0) is 22.8. The lowest BCUT2D eigenvalue weighted by Gasteiger charge is -2.35. The van der Waals surface area contributed by atoms with E-state index in [0.29, 0.717) is 29.6 Å². The van der Waals surface area contributed by atoms with Gasteiger partial charge in [-0.1, -0.05) is 29.8 Å². The number of hydrogen-bond acceptors (Lipinski definition) is 9. The zero-order valence-corrected chi connectivity index (χ0v) is 18.4. The molecule has 0 atom stereocenters. The molecule has 11 heteroatoms. The number of para-hydroxylation sites is 1. The van der Waals surface area contributed by atoms with E-state index in [1.165, 1.54) is 6.33 Å². The van der Waals surface area contributed by atoms with Gasteiger partial charge in [0.05, 0.1) is 15.6 Å². The van der Waals surface area contributed by atoms with Crippen molar-refractivity contribution >= 4 is 34.6 Å². The topological polar surface area (TPSA) is 106 Å². The summed E-state index contributed by atoms with van der Waals surface area (Å²) in [5.74, 6) is 1.94. The standard InChI is InChI=1S/C22H21ClN6O4/c23-16-3-1-2-4-17(16)26-21-20(29(30)31)22(25-13-24-21)28-9-7-27(8-10-28)12-15-5-6-18-19(11-15)33-14-32-18/h1-6,11,13H,7-10,12,14H2,(H,24,25,26). The first-order chi connectivity index (χ1) is 16.1. The second kappa shape index (κ2) is 9.08. The Morgan fingerprint density at radius 1 is 1.06 bits per heavy atom. The van der Waals surface area contributed by atoms with Gasteiger partial charge in [-0.15, -0.1) is 0 Å². The molecule has 2 aromatic carbocycles. The van der Waals surface area contributed by atoms with Crippen molar-refractivity contribution in [2.75, 3.05) is 43.2 Å². The fourth-order valence-corrected chi connectivity index (χ4v) is 4.15. The number of hydrogen-bond donors (Lipinski definition) is 1.